The Morgan fingerprint density at radius 3 is 2.57 bits per heavy atom. The summed E-state index contributed by atoms with van der Waals surface area (Å²) in [6.45, 7) is 1.44. The summed E-state index contributed by atoms with van der Waals surface area (Å²) >= 11 is 7.77. The van der Waals surface area contributed by atoms with Gasteiger partial charge in [-0.3, -0.25) is 19.7 Å². The average molecular weight is 462 g/mol. The van der Waals surface area contributed by atoms with Crippen LogP contribution < -0.4 is 4.90 Å². The smallest absolute Gasteiger partial charge is 0.260 e. The fraction of sp³-hybridized carbons (Fsp3) is 0.238. The third kappa shape index (κ3) is 4.70. The molecule has 4 aromatic rings. The molecule has 2 heterocycles. The molecule has 0 N–H and O–H groups in total. The first kappa shape index (κ1) is 22.4. The lowest BCUT2D eigenvalue weighted by molar-refractivity contribution is 0.0986. The molecule has 0 unspecified atom stereocenters. The summed E-state index contributed by atoms with van der Waals surface area (Å²) in [4.78, 5) is 30.5. The minimum atomic E-state index is -0.105. The first-order valence-corrected chi connectivity index (χ1v) is 10.4. The van der Waals surface area contributed by atoms with Crippen molar-refractivity contribution in [3.63, 3.8) is 0 Å². The molecule has 0 spiro atoms. The van der Waals surface area contributed by atoms with Crippen molar-refractivity contribution in [2.45, 2.75) is 6.42 Å². The van der Waals surface area contributed by atoms with E-state index in [1.807, 2.05) is 38.4 Å². The number of benzene rings is 2. The van der Waals surface area contributed by atoms with Gasteiger partial charge >= 0.3 is 0 Å². The summed E-state index contributed by atoms with van der Waals surface area (Å²) in [5, 5.41) is 1.24. The molecule has 0 fully saturated rings. The minimum absolute atomic E-state index is 0. The quantitative estimate of drug-likeness (QED) is 0.407. The predicted molar refractivity (Wildman–Crippen MR) is 126 cm³/mol. The topological polar surface area (TPSA) is 62.2 Å². The van der Waals surface area contributed by atoms with Crippen LogP contribution in [-0.4, -0.2) is 52.9 Å². The van der Waals surface area contributed by atoms with Crippen LogP contribution in [0.5, 0.6) is 0 Å². The van der Waals surface area contributed by atoms with E-state index in [0.717, 1.165) is 28.7 Å². The Bertz CT molecular complexity index is 1180. The maximum absolute atomic E-state index is 13.4. The number of amides is 1. The zero-order chi connectivity index (χ0) is 20.4. The second-order valence-corrected chi connectivity index (χ2v) is 8.37. The highest BCUT2D eigenvalue weighted by atomic mass is 35.5. The van der Waals surface area contributed by atoms with Crippen LogP contribution >= 0.6 is 35.3 Å². The summed E-state index contributed by atoms with van der Waals surface area (Å²) in [7, 11) is 4.04. The molecule has 9 heteroatoms. The maximum atomic E-state index is 13.4. The van der Waals surface area contributed by atoms with E-state index in [-0.39, 0.29) is 18.3 Å². The van der Waals surface area contributed by atoms with Crippen molar-refractivity contribution in [1.82, 2.24) is 19.9 Å². The van der Waals surface area contributed by atoms with Crippen molar-refractivity contribution in [2.24, 2.45) is 0 Å². The fourth-order valence-corrected chi connectivity index (χ4v) is 4.39. The van der Waals surface area contributed by atoms with E-state index in [9.17, 15) is 4.79 Å². The van der Waals surface area contributed by atoms with E-state index in [1.165, 1.54) is 11.3 Å². The zero-order valence-corrected chi connectivity index (χ0v) is 19.0. The standard InChI is InChI=1S/C21H20ClN5OS.ClH/c1-26(2)11-4-12-27(21-25-19-15(22)5-3-6-18(19)29-21)20(28)14-7-8-16-17(13-14)24-10-9-23-16;/h3,5-10,13H,4,11-12H2,1-2H3;1H. The number of aromatic nitrogens is 3. The number of halogens is 2. The zero-order valence-electron chi connectivity index (χ0n) is 16.6. The van der Waals surface area contributed by atoms with Gasteiger partial charge in [0.05, 0.1) is 20.8 Å². The number of carbonyl (C=O) groups is 1. The van der Waals surface area contributed by atoms with E-state index in [4.69, 9.17) is 11.6 Å². The molecule has 0 saturated heterocycles. The molecule has 0 bridgehead atoms. The summed E-state index contributed by atoms with van der Waals surface area (Å²) in [5.74, 6) is -0.105. The molecule has 156 valence electrons. The van der Waals surface area contributed by atoms with Gasteiger partial charge in [-0.1, -0.05) is 29.0 Å². The molecule has 0 radical (unpaired) electrons. The molecular weight excluding hydrogens is 441 g/mol. The Kier molecular flexibility index (Phi) is 7.20. The number of nitrogens with zero attached hydrogens (tertiary/aromatic N) is 5. The Morgan fingerprint density at radius 1 is 1.07 bits per heavy atom. The number of rotatable bonds is 6. The van der Waals surface area contributed by atoms with Gasteiger partial charge in [-0.2, -0.15) is 0 Å². The summed E-state index contributed by atoms with van der Waals surface area (Å²) in [6, 6.07) is 11.1. The molecule has 0 saturated carbocycles. The van der Waals surface area contributed by atoms with Gasteiger partial charge in [-0.15, -0.1) is 12.4 Å². The van der Waals surface area contributed by atoms with E-state index in [2.05, 4.69) is 19.9 Å². The number of fused-ring (bicyclic) bond motifs is 2. The van der Waals surface area contributed by atoms with Crippen molar-refractivity contribution in [3.8, 4) is 0 Å². The van der Waals surface area contributed by atoms with Crippen LogP contribution in [0.15, 0.2) is 48.8 Å². The van der Waals surface area contributed by atoms with Crippen LogP contribution in [0.3, 0.4) is 0 Å². The largest absolute Gasteiger partial charge is 0.309 e. The highest BCUT2D eigenvalue weighted by Gasteiger charge is 2.22. The van der Waals surface area contributed by atoms with Crippen molar-refractivity contribution >= 4 is 67.6 Å². The molecule has 0 aliphatic carbocycles. The number of thiazole rings is 1. The first-order valence-electron chi connectivity index (χ1n) is 9.25. The van der Waals surface area contributed by atoms with E-state index in [0.29, 0.717) is 27.8 Å². The molecular formula is C21H21Cl2N5OS. The lowest BCUT2D eigenvalue weighted by atomic mass is 10.1. The van der Waals surface area contributed by atoms with Gasteiger partial charge < -0.3 is 4.90 Å². The third-order valence-electron chi connectivity index (χ3n) is 4.54. The third-order valence-corrected chi connectivity index (χ3v) is 5.89. The molecule has 0 aliphatic heterocycles. The normalized spacial score (nSPS) is 11.1. The Morgan fingerprint density at radius 2 is 1.83 bits per heavy atom. The summed E-state index contributed by atoms with van der Waals surface area (Å²) in [6.07, 6.45) is 4.10. The van der Waals surface area contributed by atoms with Crippen LogP contribution in [0.1, 0.15) is 16.8 Å². The summed E-state index contributed by atoms with van der Waals surface area (Å²) in [5.41, 5.74) is 2.74. The Hall–Kier alpha value is -2.32. The van der Waals surface area contributed by atoms with Gasteiger partial charge in [-0.25, -0.2) is 4.98 Å². The number of hydrogen-bond donors (Lipinski definition) is 0. The van der Waals surface area contributed by atoms with Gasteiger partial charge in [0.25, 0.3) is 5.91 Å². The molecule has 2 aromatic heterocycles. The molecule has 30 heavy (non-hydrogen) atoms. The summed E-state index contributed by atoms with van der Waals surface area (Å²) < 4.78 is 0.960. The molecule has 4 rings (SSSR count). The van der Waals surface area contributed by atoms with Crippen LogP contribution in [0.25, 0.3) is 21.3 Å². The number of anilines is 1. The van der Waals surface area contributed by atoms with Gasteiger partial charge in [0.2, 0.25) is 0 Å². The monoisotopic (exact) mass is 461 g/mol. The van der Waals surface area contributed by atoms with E-state index >= 15 is 0 Å². The molecule has 1 amide bonds. The van der Waals surface area contributed by atoms with Gasteiger partial charge in [0, 0.05) is 24.5 Å². The number of hydrogen-bond acceptors (Lipinski definition) is 6. The lowest BCUT2D eigenvalue weighted by Gasteiger charge is -2.21. The Labute approximate surface area is 189 Å². The number of carbonyl (C=O) groups excluding carboxylic acids is 1. The molecule has 2 aromatic carbocycles. The Balaban J connectivity index is 0.00000256. The van der Waals surface area contributed by atoms with E-state index in [1.54, 1.807) is 29.4 Å². The fourth-order valence-electron chi connectivity index (χ4n) is 3.10. The van der Waals surface area contributed by atoms with Crippen molar-refractivity contribution in [3.05, 3.63) is 59.4 Å². The van der Waals surface area contributed by atoms with Crippen LogP contribution in [0.4, 0.5) is 5.13 Å². The predicted octanol–water partition coefficient (Wildman–Crippen LogP) is 4.91. The van der Waals surface area contributed by atoms with Crippen LogP contribution in [-0.2, 0) is 0 Å². The van der Waals surface area contributed by atoms with E-state index < -0.39 is 0 Å². The van der Waals surface area contributed by atoms with Crippen molar-refractivity contribution < 1.29 is 4.79 Å². The SMILES string of the molecule is CN(C)CCCN(C(=O)c1ccc2nccnc2c1)c1nc2c(Cl)cccc2s1.Cl. The van der Waals surface area contributed by atoms with Crippen molar-refractivity contribution in [1.29, 1.82) is 0 Å². The van der Waals surface area contributed by atoms with Crippen LogP contribution in [0, 0.1) is 0 Å². The van der Waals surface area contributed by atoms with Crippen molar-refractivity contribution in [2.75, 3.05) is 32.1 Å². The van der Waals surface area contributed by atoms with Gasteiger partial charge in [-0.05, 0) is 57.4 Å². The van der Waals surface area contributed by atoms with Gasteiger partial charge in [0.15, 0.2) is 5.13 Å². The molecule has 6 nitrogen and oxygen atoms in total. The minimum Gasteiger partial charge on any atom is -0.309 e. The average Bonchev–Trinajstić information content (AvgIpc) is 3.15. The highest BCUT2D eigenvalue weighted by Crippen LogP contribution is 2.33. The first-order chi connectivity index (χ1) is 14.0. The second kappa shape index (κ2) is 9.66. The molecule has 0 aliphatic rings. The maximum Gasteiger partial charge on any atom is 0.260 e. The highest BCUT2D eigenvalue weighted by molar-refractivity contribution is 7.22. The second-order valence-electron chi connectivity index (χ2n) is 6.96. The van der Waals surface area contributed by atoms with Gasteiger partial charge in [0.1, 0.15) is 5.52 Å². The molecule has 0 atom stereocenters. The lowest BCUT2D eigenvalue weighted by Crippen LogP contribution is -2.33. The number of para-hydroxylation sites is 1. The van der Waals surface area contributed by atoms with Crippen LogP contribution in [0.2, 0.25) is 5.02 Å².